The Hall–Kier alpha value is -0.760. The number of hydrogen-bond acceptors (Lipinski definition) is 2. The molecule has 0 saturated carbocycles. The smallest absolute Gasteiger partial charge is 0.109 e. The Kier molecular flexibility index (Phi) is 10.3. The third-order valence-corrected chi connectivity index (χ3v) is 4.29. The van der Waals surface area contributed by atoms with E-state index in [0.717, 1.165) is 30.6 Å². The van der Waals surface area contributed by atoms with Crippen LogP contribution >= 0.6 is 0 Å². The Morgan fingerprint density at radius 1 is 0.905 bits per heavy atom. The topological polar surface area (TPSA) is 33.4 Å². The van der Waals surface area contributed by atoms with E-state index in [9.17, 15) is 5.11 Å². The van der Waals surface area contributed by atoms with Crippen LogP contribution in [-0.4, -0.2) is 5.11 Å². The Bertz CT molecular complexity index is 343. The van der Waals surface area contributed by atoms with Crippen molar-refractivity contribution in [2.24, 2.45) is 0 Å². The van der Waals surface area contributed by atoms with E-state index in [2.05, 4.69) is 13.8 Å². The van der Waals surface area contributed by atoms with Gasteiger partial charge in [0.1, 0.15) is 5.76 Å². The lowest BCUT2D eigenvalue weighted by Crippen LogP contribution is -1.99. The number of hydrogen-bond donors (Lipinski definition) is 1. The lowest BCUT2D eigenvalue weighted by atomic mass is 10.0. The summed E-state index contributed by atoms with van der Waals surface area (Å²) >= 11 is 0. The molecular formula is C19H34O2. The Labute approximate surface area is 130 Å². The van der Waals surface area contributed by atoms with Crippen molar-refractivity contribution >= 4 is 0 Å². The van der Waals surface area contributed by atoms with Gasteiger partial charge in [0.05, 0.1) is 12.4 Å². The van der Waals surface area contributed by atoms with Crippen LogP contribution in [0.1, 0.15) is 102 Å². The standard InChI is InChI=1S/C19H34O2/c1-3-5-6-7-8-9-10-11-12-13-14-18(20)17-15-16-21-19(17)4-2/h15-16,18,20H,3-14H2,1-2H3. The zero-order valence-corrected chi connectivity index (χ0v) is 14.1. The van der Waals surface area contributed by atoms with Gasteiger partial charge in [-0.1, -0.05) is 78.1 Å². The predicted octanol–water partition coefficient (Wildman–Crippen LogP) is 6.19. The maximum Gasteiger partial charge on any atom is 0.109 e. The van der Waals surface area contributed by atoms with Gasteiger partial charge in [0, 0.05) is 12.0 Å². The molecule has 1 N–H and O–H groups in total. The molecule has 0 radical (unpaired) electrons. The molecule has 1 heterocycles. The number of rotatable bonds is 13. The van der Waals surface area contributed by atoms with Crippen LogP contribution in [0.5, 0.6) is 0 Å². The van der Waals surface area contributed by atoms with E-state index in [-0.39, 0.29) is 6.10 Å². The van der Waals surface area contributed by atoms with Crippen LogP contribution in [0.4, 0.5) is 0 Å². The first-order valence-corrected chi connectivity index (χ1v) is 9.03. The fourth-order valence-electron chi connectivity index (χ4n) is 2.92. The van der Waals surface area contributed by atoms with Gasteiger partial charge in [-0.25, -0.2) is 0 Å². The summed E-state index contributed by atoms with van der Waals surface area (Å²) in [6.45, 7) is 4.33. The monoisotopic (exact) mass is 294 g/mol. The minimum Gasteiger partial charge on any atom is -0.469 e. The average molecular weight is 294 g/mol. The highest BCUT2D eigenvalue weighted by Crippen LogP contribution is 2.24. The molecule has 0 bridgehead atoms. The number of aryl methyl sites for hydroxylation is 1. The molecule has 1 atom stereocenters. The quantitative estimate of drug-likeness (QED) is 0.440. The van der Waals surface area contributed by atoms with E-state index in [1.807, 2.05) is 6.07 Å². The van der Waals surface area contributed by atoms with Crippen LogP contribution in [0.15, 0.2) is 16.7 Å². The molecule has 21 heavy (non-hydrogen) atoms. The van der Waals surface area contributed by atoms with Crippen molar-refractivity contribution in [3.05, 3.63) is 23.7 Å². The van der Waals surface area contributed by atoms with E-state index >= 15 is 0 Å². The van der Waals surface area contributed by atoms with Crippen LogP contribution in [0.25, 0.3) is 0 Å². The minimum absolute atomic E-state index is 0.340. The lowest BCUT2D eigenvalue weighted by molar-refractivity contribution is 0.161. The van der Waals surface area contributed by atoms with Gasteiger partial charge in [0.2, 0.25) is 0 Å². The van der Waals surface area contributed by atoms with Crippen molar-refractivity contribution in [3.8, 4) is 0 Å². The fraction of sp³-hybridized carbons (Fsp3) is 0.789. The molecule has 2 nitrogen and oxygen atoms in total. The van der Waals surface area contributed by atoms with Crippen LogP contribution in [-0.2, 0) is 6.42 Å². The first-order chi connectivity index (χ1) is 10.3. The second-order valence-corrected chi connectivity index (χ2v) is 6.14. The van der Waals surface area contributed by atoms with Gasteiger partial charge in [0.15, 0.2) is 0 Å². The van der Waals surface area contributed by atoms with E-state index in [4.69, 9.17) is 4.42 Å². The largest absolute Gasteiger partial charge is 0.469 e. The summed E-state index contributed by atoms with van der Waals surface area (Å²) in [6.07, 6.45) is 16.4. The first-order valence-electron chi connectivity index (χ1n) is 9.03. The van der Waals surface area contributed by atoms with Gasteiger partial charge in [-0.05, 0) is 12.5 Å². The minimum atomic E-state index is -0.340. The summed E-state index contributed by atoms with van der Waals surface area (Å²) in [4.78, 5) is 0. The summed E-state index contributed by atoms with van der Waals surface area (Å²) in [5.41, 5.74) is 0.994. The molecule has 1 aromatic heterocycles. The lowest BCUT2D eigenvalue weighted by Gasteiger charge is -2.10. The Balaban J connectivity index is 1.97. The molecule has 0 aliphatic rings. The molecule has 2 heteroatoms. The molecular weight excluding hydrogens is 260 g/mol. The first kappa shape index (κ1) is 18.3. The molecule has 0 amide bonds. The van der Waals surface area contributed by atoms with Gasteiger partial charge < -0.3 is 9.52 Å². The molecule has 0 saturated heterocycles. The second-order valence-electron chi connectivity index (χ2n) is 6.14. The molecule has 1 rings (SSSR count). The van der Waals surface area contributed by atoms with E-state index in [1.54, 1.807) is 6.26 Å². The summed E-state index contributed by atoms with van der Waals surface area (Å²) in [7, 11) is 0. The van der Waals surface area contributed by atoms with E-state index < -0.39 is 0 Å². The van der Waals surface area contributed by atoms with Crippen molar-refractivity contribution in [2.45, 2.75) is 97.0 Å². The third kappa shape index (κ3) is 7.71. The van der Waals surface area contributed by atoms with Crippen molar-refractivity contribution in [3.63, 3.8) is 0 Å². The normalized spacial score (nSPS) is 12.7. The molecule has 1 aromatic rings. The fourth-order valence-corrected chi connectivity index (χ4v) is 2.92. The van der Waals surface area contributed by atoms with E-state index in [1.165, 1.54) is 57.8 Å². The zero-order valence-electron chi connectivity index (χ0n) is 14.1. The molecule has 0 spiro atoms. The van der Waals surface area contributed by atoms with Crippen molar-refractivity contribution in [1.29, 1.82) is 0 Å². The van der Waals surface area contributed by atoms with Crippen LogP contribution in [0, 0.1) is 0 Å². The van der Waals surface area contributed by atoms with Crippen LogP contribution in [0.3, 0.4) is 0 Å². The Morgan fingerprint density at radius 2 is 1.48 bits per heavy atom. The van der Waals surface area contributed by atoms with Crippen molar-refractivity contribution < 1.29 is 9.52 Å². The number of furan rings is 1. The van der Waals surface area contributed by atoms with Gasteiger partial charge in [-0.2, -0.15) is 0 Å². The number of aliphatic hydroxyl groups excluding tert-OH is 1. The summed E-state index contributed by atoms with van der Waals surface area (Å²) in [5, 5.41) is 10.2. The Morgan fingerprint density at radius 3 is 2.05 bits per heavy atom. The number of aliphatic hydroxyl groups is 1. The molecule has 0 aliphatic heterocycles. The molecule has 1 unspecified atom stereocenters. The molecule has 122 valence electrons. The van der Waals surface area contributed by atoms with Gasteiger partial charge >= 0.3 is 0 Å². The van der Waals surface area contributed by atoms with Gasteiger partial charge in [0.25, 0.3) is 0 Å². The summed E-state index contributed by atoms with van der Waals surface area (Å²) in [6, 6.07) is 1.92. The molecule has 0 aliphatic carbocycles. The van der Waals surface area contributed by atoms with E-state index in [0.29, 0.717) is 0 Å². The zero-order chi connectivity index (χ0) is 15.3. The van der Waals surface area contributed by atoms with Gasteiger partial charge in [-0.15, -0.1) is 0 Å². The highest BCUT2D eigenvalue weighted by molar-refractivity contribution is 5.19. The predicted molar refractivity (Wildman–Crippen MR) is 89.5 cm³/mol. The van der Waals surface area contributed by atoms with Crippen molar-refractivity contribution in [1.82, 2.24) is 0 Å². The van der Waals surface area contributed by atoms with Crippen LogP contribution < -0.4 is 0 Å². The highest BCUT2D eigenvalue weighted by Gasteiger charge is 2.13. The third-order valence-electron chi connectivity index (χ3n) is 4.29. The van der Waals surface area contributed by atoms with Crippen molar-refractivity contribution in [2.75, 3.05) is 0 Å². The van der Waals surface area contributed by atoms with Crippen LogP contribution in [0.2, 0.25) is 0 Å². The van der Waals surface area contributed by atoms with Gasteiger partial charge in [-0.3, -0.25) is 0 Å². The second kappa shape index (κ2) is 11.9. The maximum absolute atomic E-state index is 10.2. The number of unbranched alkanes of at least 4 members (excludes halogenated alkanes) is 9. The maximum atomic E-state index is 10.2. The summed E-state index contributed by atoms with van der Waals surface area (Å²) in [5.74, 6) is 0.939. The SMILES string of the molecule is CCCCCCCCCCCCC(O)c1ccoc1CC. The highest BCUT2D eigenvalue weighted by atomic mass is 16.3. The molecule has 0 aromatic carbocycles. The average Bonchev–Trinajstić information content (AvgIpc) is 2.97. The molecule has 0 fully saturated rings. The summed E-state index contributed by atoms with van der Waals surface area (Å²) < 4.78 is 5.37.